The maximum Gasteiger partial charge on any atom is 0.338 e. The minimum atomic E-state index is -0.977. The Labute approximate surface area is 152 Å². The molecule has 26 heavy (non-hydrogen) atoms. The van der Waals surface area contributed by atoms with E-state index in [1.54, 1.807) is 17.1 Å². The Bertz CT molecular complexity index is 822. The summed E-state index contributed by atoms with van der Waals surface area (Å²) in [4.78, 5) is 25.7. The first-order chi connectivity index (χ1) is 12.2. The Morgan fingerprint density at radius 3 is 2.31 bits per heavy atom. The zero-order valence-electron chi connectivity index (χ0n) is 15.6. The van der Waals surface area contributed by atoms with Crippen LogP contribution in [0, 0.1) is 6.92 Å². The Morgan fingerprint density at radius 1 is 1.15 bits per heavy atom. The molecule has 3 heterocycles. The predicted molar refractivity (Wildman–Crippen MR) is 95.3 cm³/mol. The van der Waals surface area contributed by atoms with Gasteiger partial charge in [-0.05, 0) is 40.5 Å². The van der Waals surface area contributed by atoms with E-state index in [0.29, 0.717) is 18.7 Å². The molecule has 3 rings (SSSR count). The van der Waals surface area contributed by atoms with Crippen LogP contribution in [0.25, 0.3) is 0 Å². The van der Waals surface area contributed by atoms with Gasteiger partial charge in [-0.25, -0.2) is 4.79 Å². The van der Waals surface area contributed by atoms with Gasteiger partial charge in [0, 0.05) is 25.0 Å². The number of carboxylic acid groups (broad SMARTS) is 1. The highest BCUT2D eigenvalue weighted by atomic mass is 16.4. The van der Waals surface area contributed by atoms with E-state index < -0.39 is 5.97 Å². The highest BCUT2D eigenvalue weighted by Crippen LogP contribution is 2.25. The molecule has 0 aliphatic carbocycles. The molecule has 140 valence electrons. The maximum atomic E-state index is 12.9. The summed E-state index contributed by atoms with van der Waals surface area (Å²) in [6.45, 7) is 9.33. The van der Waals surface area contributed by atoms with Crippen molar-refractivity contribution in [3.8, 4) is 0 Å². The number of aromatic carboxylic acids is 1. The number of likely N-dealkylation sites (tertiary alicyclic amines) is 1. The van der Waals surface area contributed by atoms with Crippen LogP contribution >= 0.6 is 0 Å². The summed E-state index contributed by atoms with van der Waals surface area (Å²) in [5.41, 5.74) is 1.54. The smallest absolute Gasteiger partial charge is 0.338 e. The zero-order valence-corrected chi connectivity index (χ0v) is 15.6. The standard InChI is InChI=1S/C18H25N5O3/c1-12-15(10-20-23(12)18(2,3)4)16(24)21-7-5-14(6-8-21)22-11-13(9-19-22)17(25)26/h9-11,14H,5-8H2,1-4H3,(H,25,26). The molecule has 1 amide bonds. The molecule has 8 heteroatoms. The lowest BCUT2D eigenvalue weighted by Gasteiger charge is -2.32. The van der Waals surface area contributed by atoms with Crippen LogP contribution in [-0.2, 0) is 5.54 Å². The van der Waals surface area contributed by atoms with E-state index in [-0.39, 0.29) is 23.1 Å². The van der Waals surface area contributed by atoms with E-state index >= 15 is 0 Å². The highest BCUT2D eigenvalue weighted by Gasteiger charge is 2.28. The van der Waals surface area contributed by atoms with E-state index in [1.165, 1.54) is 6.20 Å². The summed E-state index contributed by atoms with van der Waals surface area (Å²) in [6, 6.07) is 0.116. The van der Waals surface area contributed by atoms with Crippen LogP contribution in [0.15, 0.2) is 18.6 Å². The van der Waals surface area contributed by atoms with Gasteiger partial charge >= 0.3 is 5.97 Å². The third kappa shape index (κ3) is 3.36. The van der Waals surface area contributed by atoms with Crippen molar-refractivity contribution in [2.45, 2.75) is 52.1 Å². The van der Waals surface area contributed by atoms with Gasteiger partial charge in [0.1, 0.15) is 0 Å². The second kappa shape index (κ2) is 6.59. The van der Waals surface area contributed by atoms with Crippen LogP contribution in [0.4, 0.5) is 0 Å². The molecule has 0 saturated carbocycles. The Hall–Kier alpha value is -2.64. The molecule has 0 aromatic carbocycles. The predicted octanol–water partition coefficient (Wildman–Crippen LogP) is 2.32. The van der Waals surface area contributed by atoms with E-state index in [2.05, 4.69) is 31.0 Å². The zero-order chi connectivity index (χ0) is 19.1. The molecule has 0 spiro atoms. The number of carbonyl (C=O) groups excluding carboxylic acids is 1. The van der Waals surface area contributed by atoms with E-state index in [1.807, 2.05) is 16.5 Å². The Balaban J connectivity index is 1.67. The third-order valence-corrected chi connectivity index (χ3v) is 4.85. The van der Waals surface area contributed by atoms with Gasteiger partial charge in [-0.2, -0.15) is 10.2 Å². The monoisotopic (exact) mass is 359 g/mol. The summed E-state index contributed by atoms with van der Waals surface area (Å²) < 4.78 is 3.58. The quantitative estimate of drug-likeness (QED) is 0.908. The number of nitrogens with zero attached hydrogens (tertiary/aromatic N) is 5. The molecule has 1 aliphatic rings. The van der Waals surface area contributed by atoms with Crippen molar-refractivity contribution in [1.82, 2.24) is 24.5 Å². The number of hydrogen-bond acceptors (Lipinski definition) is 4. The summed E-state index contributed by atoms with van der Waals surface area (Å²) >= 11 is 0. The van der Waals surface area contributed by atoms with Crippen molar-refractivity contribution < 1.29 is 14.7 Å². The number of carbonyl (C=O) groups is 2. The first-order valence-electron chi connectivity index (χ1n) is 8.80. The third-order valence-electron chi connectivity index (χ3n) is 4.85. The molecule has 1 N–H and O–H groups in total. The van der Waals surface area contributed by atoms with Crippen molar-refractivity contribution >= 4 is 11.9 Å². The van der Waals surface area contributed by atoms with Crippen molar-refractivity contribution in [2.24, 2.45) is 0 Å². The number of hydrogen-bond donors (Lipinski definition) is 1. The van der Waals surface area contributed by atoms with Gasteiger partial charge in [0.25, 0.3) is 5.91 Å². The summed E-state index contributed by atoms with van der Waals surface area (Å²) in [7, 11) is 0. The van der Waals surface area contributed by atoms with Crippen LogP contribution in [0.5, 0.6) is 0 Å². The molecule has 0 radical (unpaired) electrons. The fourth-order valence-electron chi connectivity index (χ4n) is 3.45. The number of carboxylic acids is 1. The summed E-state index contributed by atoms with van der Waals surface area (Å²) in [5, 5.41) is 17.5. The Morgan fingerprint density at radius 2 is 1.81 bits per heavy atom. The van der Waals surface area contributed by atoms with E-state index in [9.17, 15) is 9.59 Å². The molecule has 8 nitrogen and oxygen atoms in total. The topological polar surface area (TPSA) is 93.2 Å². The lowest BCUT2D eigenvalue weighted by molar-refractivity contribution is 0.0687. The van der Waals surface area contributed by atoms with Crippen LogP contribution in [0.1, 0.15) is 66.1 Å². The Kier molecular flexibility index (Phi) is 4.60. The molecule has 1 saturated heterocycles. The molecule has 2 aromatic rings. The van der Waals surface area contributed by atoms with Crippen LogP contribution < -0.4 is 0 Å². The molecule has 0 bridgehead atoms. The largest absolute Gasteiger partial charge is 0.478 e. The minimum Gasteiger partial charge on any atom is -0.478 e. The van der Waals surface area contributed by atoms with Gasteiger partial charge in [0.2, 0.25) is 0 Å². The van der Waals surface area contributed by atoms with Gasteiger partial charge in [-0.1, -0.05) is 0 Å². The number of rotatable bonds is 3. The lowest BCUT2D eigenvalue weighted by atomic mass is 10.0. The van der Waals surface area contributed by atoms with Crippen LogP contribution in [-0.4, -0.2) is 54.5 Å². The number of amides is 1. The number of aromatic nitrogens is 4. The SMILES string of the molecule is Cc1c(C(=O)N2CCC(n3cc(C(=O)O)cn3)CC2)cnn1C(C)(C)C. The van der Waals surface area contributed by atoms with Crippen molar-refractivity contribution in [1.29, 1.82) is 0 Å². The lowest BCUT2D eigenvalue weighted by Crippen LogP contribution is -2.39. The van der Waals surface area contributed by atoms with Gasteiger partial charge in [0.15, 0.2) is 0 Å². The molecule has 0 atom stereocenters. The second-order valence-corrected chi connectivity index (χ2v) is 7.76. The van der Waals surface area contributed by atoms with Gasteiger partial charge in [-0.15, -0.1) is 0 Å². The molecule has 0 unspecified atom stereocenters. The van der Waals surface area contributed by atoms with Gasteiger partial charge < -0.3 is 10.0 Å². The van der Waals surface area contributed by atoms with Gasteiger partial charge in [-0.3, -0.25) is 14.2 Å². The average Bonchev–Trinajstić information content (AvgIpc) is 3.21. The van der Waals surface area contributed by atoms with Crippen molar-refractivity contribution in [3.05, 3.63) is 35.4 Å². The molecule has 1 fully saturated rings. The average molecular weight is 359 g/mol. The van der Waals surface area contributed by atoms with Crippen LogP contribution in [0.2, 0.25) is 0 Å². The maximum absolute atomic E-state index is 12.9. The van der Waals surface area contributed by atoms with Gasteiger partial charge in [0.05, 0.1) is 35.1 Å². The first-order valence-corrected chi connectivity index (χ1v) is 8.80. The second-order valence-electron chi connectivity index (χ2n) is 7.76. The molecule has 2 aromatic heterocycles. The summed E-state index contributed by atoms with van der Waals surface area (Å²) in [6.07, 6.45) is 6.08. The summed E-state index contributed by atoms with van der Waals surface area (Å²) in [5.74, 6) is -0.974. The molecular weight excluding hydrogens is 334 g/mol. The number of piperidine rings is 1. The normalized spacial score (nSPS) is 16.1. The fourth-order valence-corrected chi connectivity index (χ4v) is 3.45. The fraction of sp³-hybridized carbons (Fsp3) is 0.556. The highest BCUT2D eigenvalue weighted by molar-refractivity contribution is 5.95. The van der Waals surface area contributed by atoms with Crippen molar-refractivity contribution in [3.63, 3.8) is 0 Å². The molecular formula is C18H25N5O3. The van der Waals surface area contributed by atoms with E-state index in [4.69, 9.17) is 5.11 Å². The first kappa shape index (κ1) is 18.2. The van der Waals surface area contributed by atoms with Crippen molar-refractivity contribution in [2.75, 3.05) is 13.1 Å². The minimum absolute atomic E-state index is 0.00291. The van der Waals surface area contributed by atoms with Crippen LogP contribution in [0.3, 0.4) is 0 Å². The van der Waals surface area contributed by atoms with E-state index in [0.717, 1.165) is 18.5 Å². The molecule has 1 aliphatic heterocycles.